The summed E-state index contributed by atoms with van der Waals surface area (Å²) in [6, 6.07) is 0. The molecule has 0 N–H and O–H groups in total. The topological polar surface area (TPSA) is 78.9 Å². The van der Waals surface area contributed by atoms with Crippen LogP contribution in [0.1, 0.15) is 151 Å². The van der Waals surface area contributed by atoms with E-state index in [9.17, 15) is 14.4 Å². The molecule has 0 aromatic heterocycles. The molecule has 0 saturated carbocycles. The summed E-state index contributed by atoms with van der Waals surface area (Å²) in [6.07, 6.45) is 14.6. The van der Waals surface area contributed by atoms with Gasteiger partial charge in [0.25, 0.3) is 0 Å². The zero-order valence-electron chi connectivity index (χ0n) is 28.3. The molecule has 254 valence electrons. The van der Waals surface area contributed by atoms with E-state index >= 15 is 0 Å². The first kappa shape index (κ1) is 43.3. The number of unbranched alkanes of at least 4 members (excludes halogenated alkanes) is 3. The summed E-state index contributed by atoms with van der Waals surface area (Å²) >= 11 is 8.71. The van der Waals surface area contributed by atoms with Gasteiger partial charge >= 0.3 is 288 Å². The molecule has 6 nitrogen and oxygen atoms in total. The van der Waals surface area contributed by atoms with E-state index < -0.39 is 53.3 Å². The summed E-state index contributed by atoms with van der Waals surface area (Å²) in [7, 11) is 0. The molecule has 0 radical (unpaired) electrons. The average Bonchev–Trinajstić information content (AvgIpc) is 2.98. The van der Waals surface area contributed by atoms with Crippen molar-refractivity contribution in [2.75, 3.05) is 0 Å². The van der Waals surface area contributed by atoms with Crippen molar-refractivity contribution in [3.8, 4) is 0 Å². The molecule has 0 aliphatic rings. The second kappa shape index (κ2) is 25.4. The number of hydrogen-bond acceptors (Lipinski definition) is 9. The molecule has 0 fully saturated rings. The van der Waals surface area contributed by atoms with Crippen LogP contribution in [0.4, 0.5) is 0 Å². The van der Waals surface area contributed by atoms with Gasteiger partial charge < -0.3 is 0 Å². The predicted molar refractivity (Wildman–Crippen MR) is 191 cm³/mol. The van der Waals surface area contributed by atoms with E-state index in [0.29, 0.717) is 43.4 Å². The van der Waals surface area contributed by atoms with Gasteiger partial charge in [-0.1, -0.05) is 0 Å². The van der Waals surface area contributed by atoms with Crippen LogP contribution in [0, 0.1) is 17.8 Å². The third-order valence-electron chi connectivity index (χ3n) is 8.44. The van der Waals surface area contributed by atoms with Gasteiger partial charge in [-0.25, -0.2) is 0 Å². The van der Waals surface area contributed by atoms with E-state index in [1.165, 1.54) is 0 Å². The van der Waals surface area contributed by atoms with Crippen LogP contribution in [-0.4, -0.2) is 53.3 Å². The van der Waals surface area contributed by atoms with E-state index in [2.05, 4.69) is 79.4 Å². The third-order valence-corrected chi connectivity index (χ3v) is 17.3. The number of thiol groups is 3. The van der Waals surface area contributed by atoms with E-state index in [1.54, 1.807) is 0 Å². The monoisotopic (exact) mass is 772 g/mol. The van der Waals surface area contributed by atoms with Gasteiger partial charge in [0.05, 0.1) is 0 Å². The summed E-state index contributed by atoms with van der Waals surface area (Å²) in [6.45, 7) is 14.7. The van der Waals surface area contributed by atoms with Crippen LogP contribution in [0.15, 0.2) is 0 Å². The Labute approximate surface area is 286 Å². The fourth-order valence-electron chi connectivity index (χ4n) is 5.37. The Hall–Kier alpha value is 0.259. The van der Waals surface area contributed by atoms with Crippen molar-refractivity contribution in [2.24, 2.45) is 17.8 Å². The maximum absolute atomic E-state index is 13.5. The third kappa shape index (κ3) is 18.3. The van der Waals surface area contributed by atoms with Crippen molar-refractivity contribution >= 4 is 75.4 Å². The number of carbonyl (C=O) groups is 3. The first-order chi connectivity index (χ1) is 20.5. The molecule has 0 amide bonds. The molecule has 0 saturated heterocycles. The molecule has 0 aliphatic carbocycles. The van der Waals surface area contributed by atoms with Crippen molar-refractivity contribution in [1.29, 1.82) is 0 Å². The Bertz CT molecular complexity index is 678. The maximum atomic E-state index is 13.5. The van der Waals surface area contributed by atoms with E-state index in [4.69, 9.17) is 9.22 Å². The Morgan fingerprint density at radius 3 is 1.00 bits per heavy atom. The summed E-state index contributed by atoms with van der Waals surface area (Å²) in [5.41, 5.74) is 0. The molecule has 0 aromatic rings. The van der Waals surface area contributed by atoms with Crippen molar-refractivity contribution < 1.29 is 23.6 Å². The molecule has 6 atom stereocenters. The molecule has 10 heteroatoms. The fraction of sp³-hybridized carbons (Fsp3) is 0.909. The summed E-state index contributed by atoms with van der Waals surface area (Å²) in [4.78, 5) is 40.4. The SMILES string of the molecule is CCCCC(CC)CC(S)C(=O)[O][Sn]([CH2]CC)([O]C(=O)C(S)CC(CC)CCCC)[O]C(=O)C(S)CC(CC)CCCC. The molecule has 6 unspecified atom stereocenters. The number of rotatable bonds is 26. The second-order valence-electron chi connectivity index (χ2n) is 12.2. The van der Waals surface area contributed by atoms with Crippen LogP contribution in [0.5, 0.6) is 0 Å². The van der Waals surface area contributed by atoms with Crippen LogP contribution in [0.3, 0.4) is 0 Å². The number of carbonyl (C=O) groups excluding carboxylic acids is 3. The summed E-state index contributed by atoms with van der Waals surface area (Å²) in [5, 5.41) is -2.08. The fourth-order valence-corrected chi connectivity index (χ4v) is 14.1. The van der Waals surface area contributed by atoms with Gasteiger partial charge in [-0.3, -0.25) is 0 Å². The molecule has 0 aromatic carbocycles. The molecule has 0 bridgehead atoms. The standard InChI is InChI=1S/3C10H20O2S.C3H7.Sn/c3*1-3-5-6-8(4-2)7-9(13)10(11)12;1-3-2;/h3*8-9,13H,3-7H2,1-2H3,(H,11,12);1,3H2,2H3;/q;;;;+3/p-3. The van der Waals surface area contributed by atoms with Gasteiger partial charge in [-0.2, -0.15) is 0 Å². The first-order valence-electron chi connectivity index (χ1n) is 17.2. The van der Waals surface area contributed by atoms with Crippen molar-refractivity contribution in [1.82, 2.24) is 0 Å². The summed E-state index contributed by atoms with van der Waals surface area (Å²) in [5.74, 6) is -0.705. The van der Waals surface area contributed by atoms with E-state index in [-0.39, 0.29) is 4.44 Å². The first-order valence-corrected chi connectivity index (χ1v) is 24.2. The minimum absolute atomic E-state index is 0.215. The Kier molecular flexibility index (Phi) is 25.5. The van der Waals surface area contributed by atoms with Crippen molar-refractivity contribution in [3.63, 3.8) is 0 Å². The van der Waals surface area contributed by atoms with Gasteiger partial charge in [-0.15, -0.1) is 0 Å². The Morgan fingerprint density at radius 1 is 0.512 bits per heavy atom. The molecular formula is C33H64O6S3Sn. The predicted octanol–water partition coefficient (Wildman–Crippen LogP) is 9.68. The molecular weight excluding hydrogens is 707 g/mol. The molecule has 43 heavy (non-hydrogen) atoms. The van der Waals surface area contributed by atoms with E-state index in [0.717, 1.165) is 77.0 Å². The van der Waals surface area contributed by atoms with Crippen molar-refractivity contribution in [3.05, 3.63) is 0 Å². The average molecular weight is 772 g/mol. The molecule has 0 spiro atoms. The molecule has 0 aliphatic heterocycles. The van der Waals surface area contributed by atoms with Crippen LogP contribution >= 0.6 is 37.9 Å². The van der Waals surface area contributed by atoms with Gasteiger partial charge in [-0.05, 0) is 0 Å². The minimum atomic E-state index is -5.12. The van der Waals surface area contributed by atoms with Crippen LogP contribution in [-0.2, 0) is 23.6 Å². The zero-order valence-corrected chi connectivity index (χ0v) is 33.8. The Morgan fingerprint density at radius 2 is 0.791 bits per heavy atom. The number of hydrogen-bond donors (Lipinski definition) is 3. The molecule has 0 rings (SSSR count). The van der Waals surface area contributed by atoms with E-state index in [1.807, 2.05) is 6.92 Å². The molecule has 0 heterocycles. The quantitative estimate of drug-likeness (QED) is 0.0601. The van der Waals surface area contributed by atoms with Gasteiger partial charge in [0.2, 0.25) is 0 Å². The van der Waals surface area contributed by atoms with Gasteiger partial charge in [0.15, 0.2) is 0 Å². The van der Waals surface area contributed by atoms with Gasteiger partial charge in [0, 0.05) is 0 Å². The van der Waals surface area contributed by atoms with Crippen molar-refractivity contribution in [2.45, 2.75) is 171 Å². The van der Waals surface area contributed by atoms with Gasteiger partial charge in [0.1, 0.15) is 0 Å². The summed E-state index contributed by atoms with van der Waals surface area (Å²) < 4.78 is 18.4. The zero-order chi connectivity index (χ0) is 32.8. The van der Waals surface area contributed by atoms with Crippen LogP contribution in [0.25, 0.3) is 0 Å². The normalized spacial score (nSPS) is 17.2. The van der Waals surface area contributed by atoms with Crippen LogP contribution in [0.2, 0.25) is 4.44 Å². The Balaban J connectivity index is 6.06. The van der Waals surface area contributed by atoms with Crippen LogP contribution < -0.4 is 0 Å². The second-order valence-corrected chi connectivity index (χ2v) is 21.1.